The number of aromatic nitrogens is 2. The first-order valence-corrected chi connectivity index (χ1v) is 10.5. The fraction of sp³-hybridized carbons (Fsp3) is 0.429. The molecule has 142 valence electrons. The van der Waals surface area contributed by atoms with Crippen molar-refractivity contribution in [3.63, 3.8) is 0 Å². The maximum atomic E-state index is 12.9. The van der Waals surface area contributed by atoms with Gasteiger partial charge in [-0.15, -0.1) is 11.3 Å². The number of aryl methyl sites for hydroxylation is 2. The minimum absolute atomic E-state index is 0.165. The molecule has 0 radical (unpaired) electrons. The maximum Gasteiger partial charge on any atom is 0.150 e. The van der Waals surface area contributed by atoms with Crippen LogP contribution < -0.4 is 10.2 Å². The first-order valence-electron chi connectivity index (χ1n) is 9.62. The van der Waals surface area contributed by atoms with E-state index in [1.807, 2.05) is 12.1 Å². The van der Waals surface area contributed by atoms with Crippen LogP contribution in [0, 0.1) is 12.7 Å². The van der Waals surface area contributed by atoms with Crippen molar-refractivity contribution in [1.82, 2.24) is 15.3 Å². The number of rotatable bonds is 6. The van der Waals surface area contributed by atoms with Gasteiger partial charge in [0, 0.05) is 19.1 Å². The molecule has 1 saturated heterocycles. The molecule has 0 atom stereocenters. The highest BCUT2D eigenvalue weighted by atomic mass is 32.1. The van der Waals surface area contributed by atoms with Crippen molar-refractivity contribution in [1.29, 1.82) is 0 Å². The van der Waals surface area contributed by atoms with Crippen LogP contribution in [-0.2, 0) is 6.42 Å². The van der Waals surface area contributed by atoms with Crippen molar-refractivity contribution >= 4 is 27.4 Å². The Labute approximate surface area is 163 Å². The number of fused-ring (bicyclic) bond motifs is 1. The van der Waals surface area contributed by atoms with Gasteiger partial charge in [0.1, 0.15) is 18.0 Å². The fourth-order valence-electron chi connectivity index (χ4n) is 3.73. The number of halogens is 1. The Morgan fingerprint density at radius 2 is 1.96 bits per heavy atom. The van der Waals surface area contributed by atoms with Crippen LogP contribution >= 0.6 is 11.3 Å². The molecule has 3 aromatic rings. The Bertz CT molecular complexity index is 885. The van der Waals surface area contributed by atoms with E-state index in [2.05, 4.69) is 32.5 Å². The van der Waals surface area contributed by atoms with Gasteiger partial charge in [0.15, 0.2) is 0 Å². The van der Waals surface area contributed by atoms with E-state index in [1.165, 1.54) is 28.0 Å². The van der Waals surface area contributed by atoms with Gasteiger partial charge in [0.05, 0.1) is 10.2 Å². The number of hydrogen-bond donors (Lipinski definition) is 1. The summed E-state index contributed by atoms with van der Waals surface area (Å²) in [6, 6.07) is 7.40. The molecule has 6 heteroatoms. The zero-order chi connectivity index (χ0) is 18.6. The third-order valence-electron chi connectivity index (χ3n) is 5.30. The number of nitrogens with one attached hydrogen (secondary N) is 1. The molecule has 0 unspecified atom stereocenters. The van der Waals surface area contributed by atoms with E-state index in [1.54, 1.807) is 17.7 Å². The van der Waals surface area contributed by atoms with Gasteiger partial charge < -0.3 is 10.2 Å². The molecule has 4 rings (SSSR count). The van der Waals surface area contributed by atoms with E-state index in [9.17, 15) is 4.39 Å². The van der Waals surface area contributed by atoms with Crippen LogP contribution in [0.5, 0.6) is 0 Å². The quantitative estimate of drug-likeness (QED) is 0.642. The smallest absolute Gasteiger partial charge is 0.150 e. The van der Waals surface area contributed by atoms with Crippen LogP contribution in [0.2, 0.25) is 0 Å². The summed E-state index contributed by atoms with van der Waals surface area (Å²) in [6.07, 6.45) is 6.02. The molecule has 0 saturated carbocycles. The summed E-state index contributed by atoms with van der Waals surface area (Å²) >= 11 is 1.74. The molecule has 0 spiro atoms. The lowest BCUT2D eigenvalue weighted by Gasteiger charge is -2.33. The number of thiophene rings is 1. The lowest BCUT2D eigenvalue weighted by atomic mass is 10.0. The second-order valence-corrected chi connectivity index (χ2v) is 8.12. The minimum atomic E-state index is -0.165. The number of anilines is 1. The van der Waals surface area contributed by atoms with Gasteiger partial charge in [-0.3, -0.25) is 0 Å². The molecule has 4 nitrogen and oxygen atoms in total. The summed E-state index contributed by atoms with van der Waals surface area (Å²) < 4.78 is 14.1. The van der Waals surface area contributed by atoms with E-state index in [4.69, 9.17) is 0 Å². The third-order valence-corrected chi connectivity index (χ3v) is 6.38. The SMILES string of the molecule is Cc1csc2c(N3CCC(NCCCc4ccc(F)cc4)CC3)ncnc12. The van der Waals surface area contributed by atoms with Gasteiger partial charge in [0.2, 0.25) is 0 Å². The average Bonchev–Trinajstić information content (AvgIpc) is 3.08. The van der Waals surface area contributed by atoms with E-state index >= 15 is 0 Å². The minimum Gasteiger partial charge on any atom is -0.355 e. The van der Waals surface area contributed by atoms with Gasteiger partial charge in [-0.05, 0) is 67.8 Å². The van der Waals surface area contributed by atoms with Crippen molar-refractivity contribution in [3.05, 3.63) is 52.9 Å². The normalized spacial score (nSPS) is 15.6. The summed E-state index contributed by atoms with van der Waals surface area (Å²) in [5.41, 5.74) is 3.52. The van der Waals surface area contributed by atoms with E-state index in [0.29, 0.717) is 6.04 Å². The lowest BCUT2D eigenvalue weighted by molar-refractivity contribution is 0.412. The van der Waals surface area contributed by atoms with Gasteiger partial charge in [0.25, 0.3) is 0 Å². The predicted octanol–water partition coefficient (Wildman–Crippen LogP) is 4.33. The zero-order valence-electron chi connectivity index (χ0n) is 15.6. The average molecular weight is 385 g/mol. The van der Waals surface area contributed by atoms with Crippen molar-refractivity contribution in [2.75, 3.05) is 24.5 Å². The van der Waals surface area contributed by atoms with E-state index < -0.39 is 0 Å². The van der Waals surface area contributed by atoms with Crippen LogP contribution in [0.15, 0.2) is 36.0 Å². The molecule has 3 heterocycles. The molecule has 1 aliphatic heterocycles. The maximum absolute atomic E-state index is 12.9. The Balaban J connectivity index is 1.24. The Morgan fingerprint density at radius 3 is 2.74 bits per heavy atom. The molecule has 0 aliphatic carbocycles. The molecule has 1 aliphatic rings. The number of hydrogen-bond acceptors (Lipinski definition) is 5. The largest absolute Gasteiger partial charge is 0.355 e. The summed E-state index contributed by atoms with van der Waals surface area (Å²) in [6.45, 7) is 5.17. The molecule has 0 bridgehead atoms. The Hall–Kier alpha value is -2.05. The topological polar surface area (TPSA) is 41.0 Å². The van der Waals surface area contributed by atoms with Crippen LogP contribution in [0.4, 0.5) is 10.2 Å². The van der Waals surface area contributed by atoms with Crippen LogP contribution in [-0.4, -0.2) is 35.6 Å². The fourth-order valence-corrected chi connectivity index (χ4v) is 4.75. The van der Waals surface area contributed by atoms with Gasteiger partial charge in [-0.25, -0.2) is 14.4 Å². The van der Waals surface area contributed by atoms with Crippen LogP contribution in [0.1, 0.15) is 30.4 Å². The molecule has 1 aromatic carbocycles. The number of piperidine rings is 1. The van der Waals surface area contributed by atoms with Crippen molar-refractivity contribution in [2.45, 2.75) is 38.6 Å². The molecule has 2 aromatic heterocycles. The predicted molar refractivity (Wildman–Crippen MR) is 110 cm³/mol. The van der Waals surface area contributed by atoms with Gasteiger partial charge in [-0.2, -0.15) is 0 Å². The third kappa shape index (κ3) is 4.28. The van der Waals surface area contributed by atoms with Crippen molar-refractivity contribution < 1.29 is 4.39 Å². The first kappa shape index (κ1) is 18.3. The number of benzene rings is 1. The summed E-state index contributed by atoms with van der Waals surface area (Å²) in [5.74, 6) is 0.926. The molecule has 1 fully saturated rings. The van der Waals surface area contributed by atoms with Gasteiger partial charge in [-0.1, -0.05) is 12.1 Å². The van der Waals surface area contributed by atoms with E-state index in [-0.39, 0.29) is 5.82 Å². The van der Waals surface area contributed by atoms with Crippen LogP contribution in [0.3, 0.4) is 0 Å². The molecule has 1 N–H and O–H groups in total. The summed E-state index contributed by atoms with van der Waals surface area (Å²) in [5, 5.41) is 5.85. The molecule has 0 amide bonds. The second-order valence-electron chi connectivity index (χ2n) is 7.24. The van der Waals surface area contributed by atoms with Crippen molar-refractivity contribution in [2.24, 2.45) is 0 Å². The molecular weight excluding hydrogens is 359 g/mol. The Morgan fingerprint density at radius 1 is 1.19 bits per heavy atom. The first-order chi connectivity index (χ1) is 13.2. The highest BCUT2D eigenvalue weighted by molar-refractivity contribution is 7.18. The summed E-state index contributed by atoms with van der Waals surface area (Å²) in [4.78, 5) is 11.4. The lowest BCUT2D eigenvalue weighted by Crippen LogP contribution is -2.43. The standard InChI is InChI=1S/C21H25FN4S/c1-15-13-27-20-19(15)24-14-25-21(20)26-11-8-18(9-12-26)23-10-2-3-16-4-6-17(22)7-5-16/h4-7,13-14,18,23H,2-3,8-12H2,1H3. The zero-order valence-corrected chi connectivity index (χ0v) is 16.4. The summed E-state index contributed by atoms with van der Waals surface area (Å²) in [7, 11) is 0. The Kier molecular flexibility index (Phi) is 5.64. The van der Waals surface area contributed by atoms with Crippen LogP contribution in [0.25, 0.3) is 10.2 Å². The number of nitrogens with zero attached hydrogens (tertiary/aromatic N) is 3. The van der Waals surface area contributed by atoms with Crippen molar-refractivity contribution in [3.8, 4) is 0 Å². The highest BCUT2D eigenvalue weighted by Crippen LogP contribution is 2.32. The monoisotopic (exact) mass is 384 g/mol. The van der Waals surface area contributed by atoms with Gasteiger partial charge >= 0.3 is 0 Å². The second kappa shape index (κ2) is 8.31. The highest BCUT2D eigenvalue weighted by Gasteiger charge is 2.22. The van der Waals surface area contributed by atoms with E-state index in [0.717, 1.165) is 56.7 Å². The molecular formula is C21H25FN4S. The molecule has 27 heavy (non-hydrogen) atoms.